The van der Waals surface area contributed by atoms with E-state index in [9.17, 15) is 14.4 Å². The van der Waals surface area contributed by atoms with Gasteiger partial charge in [-0.1, -0.05) is 55.8 Å². The molecule has 0 bridgehead atoms. The van der Waals surface area contributed by atoms with Crippen LogP contribution in [-0.2, 0) is 17.9 Å². The number of hydrogen-bond acceptors (Lipinski definition) is 3. The average molecular weight is 357 g/mol. The highest BCUT2D eigenvalue weighted by Gasteiger charge is 2.10. The van der Waals surface area contributed by atoms with Gasteiger partial charge in [-0.25, -0.2) is 4.79 Å². The molecule has 1 aromatic heterocycles. The molecule has 3 aromatic rings. The molecule has 1 heterocycles. The number of nitrogens with zero attached hydrogens (tertiary/aromatic N) is 1. The molecule has 1 amide bonds. The Kier molecular flexibility index (Phi) is 6.49. The van der Waals surface area contributed by atoms with Crippen LogP contribution in [0.3, 0.4) is 0 Å². The van der Waals surface area contributed by atoms with Crippen molar-refractivity contribution in [2.24, 2.45) is 0 Å². The second kappa shape index (κ2) is 8.80. The zero-order valence-electron chi connectivity index (χ0n) is 15.2. The lowest BCUT2D eigenvalue weighted by Crippen LogP contribution is -2.40. The Balaban J connectivity index is 0.00000177. The number of aryl methyl sites for hydroxylation is 1. The van der Waals surface area contributed by atoms with Crippen LogP contribution in [0.4, 0.5) is 0 Å². The van der Waals surface area contributed by atoms with Crippen molar-refractivity contribution in [3.8, 4) is 0 Å². The summed E-state index contributed by atoms with van der Waals surface area (Å²) >= 11 is 0. The fourth-order valence-corrected chi connectivity index (χ4v) is 2.45. The molecule has 0 saturated carbocycles. The molecule has 3 rings (SSSR count). The predicted octanol–water partition coefficient (Wildman–Crippen LogP) is 2.83. The zero-order valence-corrected chi connectivity index (χ0v) is 15.2. The lowest BCUT2D eigenvalue weighted by molar-refractivity contribution is -0.121. The Morgan fingerprint density at radius 2 is 1.73 bits per heavy atom. The maximum atomic E-state index is 12.4. The molecule has 2 N–H and O–H groups in total. The Labute approximate surface area is 154 Å². The van der Waals surface area contributed by atoms with Gasteiger partial charge in [0.1, 0.15) is 6.54 Å². The van der Waals surface area contributed by atoms with Gasteiger partial charge in [0.15, 0.2) is 0 Å². The molecule has 26 heavy (non-hydrogen) atoms. The average Bonchev–Trinajstić information content (AvgIpc) is 2.66. The number of H-pyrrole nitrogens is 1. The smallest absolute Gasteiger partial charge is 0.329 e. The highest BCUT2D eigenvalue weighted by Crippen LogP contribution is 2.03. The van der Waals surface area contributed by atoms with Crippen LogP contribution < -0.4 is 16.6 Å². The Hall–Kier alpha value is -3.15. The Bertz CT molecular complexity index is 1010. The van der Waals surface area contributed by atoms with E-state index in [0.29, 0.717) is 17.4 Å². The van der Waals surface area contributed by atoms with Crippen LogP contribution in [0.5, 0.6) is 0 Å². The molecule has 6 nitrogen and oxygen atoms in total. The van der Waals surface area contributed by atoms with E-state index >= 15 is 0 Å². The van der Waals surface area contributed by atoms with Crippen molar-refractivity contribution < 1.29 is 7.65 Å². The predicted molar refractivity (Wildman–Crippen MR) is 107 cm³/mol. The molecule has 0 aliphatic heterocycles. The third-order valence-corrected chi connectivity index (χ3v) is 3.80. The molecule has 0 unspecified atom stereocenters. The van der Waals surface area contributed by atoms with Gasteiger partial charge in [0, 0.05) is 9.40 Å². The number of carbonyl (C=O) groups is 1. The highest BCUT2D eigenvalue weighted by atomic mass is 16.2. The Morgan fingerprint density at radius 1 is 1.08 bits per heavy atom. The van der Waals surface area contributed by atoms with Gasteiger partial charge in [-0.05, 0) is 24.6 Å². The van der Waals surface area contributed by atoms with Crippen molar-refractivity contribution in [2.75, 3.05) is 0 Å². The molecule has 0 fully saturated rings. The fourth-order valence-electron chi connectivity index (χ4n) is 2.45. The number of hydrogen-bond donors (Lipinski definition) is 2. The first-order valence-corrected chi connectivity index (χ1v) is 8.59. The van der Waals surface area contributed by atoms with Crippen LogP contribution in [-0.4, -0.2) is 15.5 Å². The van der Waals surface area contributed by atoms with E-state index < -0.39 is 17.2 Å². The minimum absolute atomic E-state index is 0. The lowest BCUT2D eigenvalue weighted by Gasteiger charge is -2.08. The van der Waals surface area contributed by atoms with E-state index in [0.717, 1.165) is 15.7 Å². The van der Waals surface area contributed by atoms with Gasteiger partial charge >= 0.3 is 5.69 Å². The van der Waals surface area contributed by atoms with Crippen LogP contribution >= 0.6 is 0 Å². The van der Waals surface area contributed by atoms with E-state index in [1.54, 1.807) is 24.3 Å². The number of para-hydroxylation sites is 1. The summed E-state index contributed by atoms with van der Waals surface area (Å²) in [6, 6.07) is 14.5. The molecule has 0 radical (unpaired) electrons. The number of aromatic amines is 1. The third-order valence-electron chi connectivity index (χ3n) is 3.80. The molecule has 2 aromatic carbocycles. The molecule has 0 aliphatic carbocycles. The van der Waals surface area contributed by atoms with Crippen molar-refractivity contribution in [1.82, 2.24) is 14.9 Å². The molecule has 0 aliphatic rings. The Morgan fingerprint density at radius 3 is 2.42 bits per heavy atom. The van der Waals surface area contributed by atoms with Gasteiger partial charge in [0.25, 0.3) is 5.56 Å². The third kappa shape index (κ3) is 4.47. The SMILES string of the molecule is CC.Cc1ccc(CNC(=O)Cn2c(=O)[nH]c3ccccc3c2=O)cc1.[HH].[HH]. The van der Waals surface area contributed by atoms with Crippen molar-refractivity contribution in [3.63, 3.8) is 0 Å². The number of rotatable bonds is 4. The molecule has 6 heteroatoms. The molecule has 140 valence electrons. The van der Waals surface area contributed by atoms with Crippen molar-refractivity contribution >= 4 is 16.8 Å². The summed E-state index contributed by atoms with van der Waals surface area (Å²) in [6.45, 7) is 6.02. The first-order chi connectivity index (χ1) is 12.5. The first kappa shape index (κ1) is 19.2. The summed E-state index contributed by atoms with van der Waals surface area (Å²) in [4.78, 5) is 39.1. The topological polar surface area (TPSA) is 84.0 Å². The van der Waals surface area contributed by atoms with Crippen molar-refractivity contribution in [1.29, 1.82) is 0 Å². The van der Waals surface area contributed by atoms with Gasteiger partial charge in [-0.15, -0.1) is 0 Å². The minimum Gasteiger partial charge on any atom is -0.350 e. The maximum Gasteiger partial charge on any atom is 0.329 e. The molecular weight excluding hydrogens is 330 g/mol. The summed E-state index contributed by atoms with van der Waals surface area (Å²) in [5.41, 5.74) is 1.49. The maximum absolute atomic E-state index is 12.4. The number of fused-ring (bicyclic) bond motifs is 1. The van der Waals surface area contributed by atoms with Gasteiger partial charge in [0.05, 0.1) is 10.9 Å². The summed E-state index contributed by atoms with van der Waals surface area (Å²) in [7, 11) is 0. The number of amides is 1. The van der Waals surface area contributed by atoms with E-state index in [2.05, 4.69) is 10.3 Å². The van der Waals surface area contributed by atoms with Crippen LogP contribution in [0, 0.1) is 6.92 Å². The van der Waals surface area contributed by atoms with E-state index in [1.807, 2.05) is 45.0 Å². The fraction of sp³-hybridized carbons (Fsp3) is 0.250. The quantitative estimate of drug-likeness (QED) is 0.753. The molecular formula is C20H27N3O3. The van der Waals surface area contributed by atoms with Gasteiger partial charge in [0.2, 0.25) is 5.91 Å². The number of aromatic nitrogens is 2. The van der Waals surface area contributed by atoms with Crippen LogP contribution in [0.25, 0.3) is 10.9 Å². The number of carbonyl (C=O) groups excluding carboxylic acids is 1. The largest absolute Gasteiger partial charge is 0.350 e. The monoisotopic (exact) mass is 357 g/mol. The lowest BCUT2D eigenvalue weighted by atomic mass is 10.1. The number of benzene rings is 2. The molecule has 0 spiro atoms. The first-order valence-electron chi connectivity index (χ1n) is 8.59. The molecule has 0 atom stereocenters. The number of nitrogens with one attached hydrogen (secondary N) is 2. The minimum atomic E-state index is -0.593. The zero-order chi connectivity index (χ0) is 19.1. The highest BCUT2D eigenvalue weighted by molar-refractivity contribution is 5.78. The summed E-state index contributed by atoms with van der Waals surface area (Å²) in [5, 5.41) is 3.10. The summed E-state index contributed by atoms with van der Waals surface area (Å²) < 4.78 is 0.910. The summed E-state index contributed by atoms with van der Waals surface area (Å²) in [6.07, 6.45) is 0. The normalized spacial score (nSPS) is 10.1. The van der Waals surface area contributed by atoms with Crippen molar-refractivity contribution in [2.45, 2.75) is 33.9 Å². The van der Waals surface area contributed by atoms with Crippen molar-refractivity contribution in [3.05, 3.63) is 80.5 Å². The molecule has 0 saturated heterocycles. The van der Waals surface area contributed by atoms with Crippen LogP contribution in [0.15, 0.2) is 58.1 Å². The summed E-state index contributed by atoms with van der Waals surface area (Å²) in [5.74, 6) is -0.390. The van der Waals surface area contributed by atoms with Crippen LogP contribution in [0.2, 0.25) is 0 Å². The van der Waals surface area contributed by atoms with E-state index in [1.165, 1.54) is 0 Å². The van der Waals surface area contributed by atoms with Gasteiger partial charge < -0.3 is 10.3 Å². The second-order valence-corrected chi connectivity index (χ2v) is 5.63. The van der Waals surface area contributed by atoms with E-state index in [4.69, 9.17) is 0 Å². The standard InChI is InChI=1S/C18H17N3O3.C2H6.2H2/c1-12-6-8-13(9-7-12)10-19-16(22)11-21-17(23)14-4-2-3-5-15(14)20-18(21)24;1-2;;/h2-9H,10-11H2,1H3,(H,19,22)(H,20,24);1-2H3;2*1H. The van der Waals surface area contributed by atoms with Gasteiger partial charge in [-0.3, -0.25) is 14.2 Å². The second-order valence-electron chi connectivity index (χ2n) is 5.63. The van der Waals surface area contributed by atoms with Crippen LogP contribution in [0.1, 0.15) is 27.8 Å². The van der Waals surface area contributed by atoms with Gasteiger partial charge in [-0.2, -0.15) is 0 Å². The van der Waals surface area contributed by atoms with E-state index in [-0.39, 0.29) is 9.40 Å².